The molecule has 1 heterocycles. The standard InChI is InChI=1S/C16H24OS/c1-11-4-2-5-12(10-11)16(17)14-6-3-7-15-13(14)8-9-18-15/h8-9,11-12,14,16-17H,2-7,10H2,1H3. The van der Waals surface area contributed by atoms with Crippen LogP contribution in [0.3, 0.4) is 0 Å². The minimum absolute atomic E-state index is 0.0959. The fourth-order valence-electron chi connectivity index (χ4n) is 4.00. The van der Waals surface area contributed by atoms with Gasteiger partial charge in [-0.2, -0.15) is 0 Å². The summed E-state index contributed by atoms with van der Waals surface area (Å²) in [6.07, 6.45) is 8.73. The summed E-state index contributed by atoms with van der Waals surface area (Å²) in [5.41, 5.74) is 1.47. The van der Waals surface area contributed by atoms with Crippen molar-refractivity contribution in [1.82, 2.24) is 0 Å². The molecule has 2 aliphatic rings. The summed E-state index contributed by atoms with van der Waals surface area (Å²) in [7, 11) is 0. The Balaban J connectivity index is 1.75. The van der Waals surface area contributed by atoms with E-state index in [0.29, 0.717) is 11.8 Å². The van der Waals surface area contributed by atoms with E-state index in [1.165, 1.54) is 55.4 Å². The molecule has 0 aliphatic heterocycles. The number of hydrogen-bond acceptors (Lipinski definition) is 2. The van der Waals surface area contributed by atoms with Crippen LogP contribution in [-0.2, 0) is 6.42 Å². The third kappa shape index (κ3) is 2.37. The summed E-state index contributed by atoms with van der Waals surface area (Å²) in [6, 6.07) is 2.26. The lowest BCUT2D eigenvalue weighted by molar-refractivity contribution is 0.0446. The Bertz CT molecular complexity index is 398. The minimum Gasteiger partial charge on any atom is -0.392 e. The van der Waals surface area contributed by atoms with Gasteiger partial charge in [-0.1, -0.05) is 19.8 Å². The lowest BCUT2D eigenvalue weighted by Gasteiger charge is -2.36. The second-order valence-electron chi connectivity index (χ2n) is 6.32. The van der Waals surface area contributed by atoms with Crippen LogP contribution in [0.4, 0.5) is 0 Å². The Kier molecular flexibility index (Phi) is 3.76. The van der Waals surface area contributed by atoms with Gasteiger partial charge in [0.15, 0.2) is 0 Å². The van der Waals surface area contributed by atoms with Crippen LogP contribution in [0.15, 0.2) is 11.4 Å². The first-order valence-corrected chi connectivity index (χ1v) is 8.38. The Hall–Kier alpha value is -0.340. The van der Waals surface area contributed by atoms with Gasteiger partial charge >= 0.3 is 0 Å². The van der Waals surface area contributed by atoms with Gasteiger partial charge in [-0.05, 0) is 60.9 Å². The van der Waals surface area contributed by atoms with E-state index in [-0.39, 0.29) is 6.10 Å². The predicted octanol–water partition coefficient (Wildman–Crippen LogP) is 4.36. The zero-order chi connectivity index (χ0) is 12.5. The molecule has 2 aliphatic carbocycles. The van der Waals surface area contributed by atoms with Crippen LogP contribution in [0, 0.1) is 11.8 Å². The maximum absolute atomic E-state index is 10.8. The molecule has 0 saturated heterocycles. The number of aryl methyl sites for hydroxylation is 1. The zero-order valence-electron chi connectivity index (χ0n) is 11.3. The average molecular weight is 264 g/mol. The molecule has 0 spiro atoms. The second kappa shape index (κ2) is 5.34. The number of aliphatic hydroxyl groups is 1. The molecule has 1 aromatic heterocycles. The van der Waals surface area contributed by atoms with Gasteiger partial charge in [-0.25, -0.2) is 0 Å². The number of hydrogen-bond donors (Lipinski definition) is 1. The van der Waals surface area contributed by atoms with Gasteiger partial charge in [0.1, 0.15) is 0 Å². The molecular weight excluding hydrogens is 240 g/mol. The van der Waals surface area contributed by atoms with E-state index in [2.05, 4.69) is 18.4 Å². The fraction of sp³-hybridized carbons (Fsp3) is 0.750. The Labute approximate surface area is 114 Å². The van der Waals surface area contributed by atoms with Crippen molar-refractivity contribution in [3.8, 4) is 0 Å². The summed E-state index contributed by atoms with van der Waals surface area (Å²) in [4.78, 5) is 1.54. The van der Waals surface area contributed by atoms with E-state index < -0.39 is 0 Å². The van der Waals surface area contributed by atoms with Crippen molar-refractivity contribution in [2.75, 3.05) is 0 Å². The van der Waals surface area contributed by atoms with Crippen molar-refractivity contribution in [3.63, 3.8) is 0 Å². The summed E-state index contributed by atoms with van der Waals surface area (Å²) in [6.45, 7) is 2.34. The van der Waals surface area contributed by atoms with E-state index in [9.17, 15) is 5.11 Å². The maximum Gasteiger partial charge on any atom is 0.0637 e. The van der Waals surface area contributed by atoms with Crippen molar-refractivity contribution in [3.05, 3.63) is 21.9 Å². The second-order valence-corrected chi connectivity index (χ2v) is 7.32. The highest BCUT2D eigenvalue weighted by Crippen LogP contribution is 2.42. The van der Waals surface area contributed by atoms with Crippen molar-refractivity contribution in [1.29, 1.82) is 0 Å². The van der Waals surface area contributed by atoms with E-state index >= 15 is 0 Å². The molecule has 18 heavy (non-hydrogen) atoms. The molecule has 0 bridgehead atoms. The molecule has 1 nitrogen and oxygen atoms in total. The van der Waals surface area contributed by atoms with E-state index in [1.54, 1.807) is 0 Å². The fourth-order valence-corrected chi connectivity index (χ4v) is 4.99. The van der Waals surface area contributed by atoms with Crippen LogP contribution in [0.1, 0.15) is 61.8 Å². The van der Waals surface area contributed by atoms with Gasteiger partial charge in [-0.15, -0.1) is 11.3 Å². The highest BCUT2D eigenvalue weighted by molar-refractivity contribution is 7.10. The van der Waals surface area contributed by atoms with Crippen molar-refractivity contribution in [2.24, 2.45) is 11.8 Å². The van der Waals surface area contributed by atoms with Crippen LogP contribution in [0.25, 0.3) is 0 Å². The van der Waals surface area contributed by atoms with E-state index in [0.717, 1.165) is 5.92 Å². The van der Waals surface area contributed by atoms with Crippen LogP contribution < -0.4 is 0 Å². The van der Waals surface area contributed by atoms with Crippen LogP contribution >= 0.6 is 11.3 Å². The average Bonchev–Trinajstić information content (AvgIpc) is 2.86. The van der Waals surface area contributed by atoms with Crippen LogP contribution in [0.5, 0.6) is 0 Å². The molecule has 1 saturated carbocycles. The largest absolute Gasteiger partial charge is 0.392 e. The minimum atomic E-state index is -0.0959. The first-order chi connectivity index (χ1) is 8.75. The highest BCUT2D eigenvalue weighted by Gasteiger charge is 2.34. The van der Waals surface area contributed by atoms with Crippen molar-refractivity contribution < 1.29 is 5.11 Å². The number of thiophene rings is 1. The monoisotopic (exact) mass is 264 g/mol. The van der Waals surface area contributed by atoms with Crippen molar-refractivity contribution >= 4 is 11.3 Å². The third-order valence-electron chi connectivity index (χ3n) is 4.97. The number of aliphatic hydroxyl groups excluding tert-OH is 1. The molecule has 4 unspecified atom stereocenters. The highest BCUT2D eigenvalue weighted by atomic mass is 32.1. The Morgan fingerprint density at radius 3 is 3.00 bits per heavy atom. The molecule has 0 amide bonds. The molecule has 0 radical (unpaired) electrons. The van der Waals surface area contributed by atoms with Gasteiger partial charge in [0.05, 0.1) is 6.10 Å². The topological polar surface area (TPSA) is 20.2 Å². The molecule has 1 fully saturated rings. The first-order valence-electron chi connectivity index (χ1n) is 7.50. The lowest BCUT2D eigenvalue weighted by Crippen LogP contribution is -2.32. The molecule has 4 atom stereocenters. The molecule has 100 valence electrons. The summed E-state index contributed by atoms with van der Waals surface area (Å²) < 4.78 is 0. The smallest absolute Gasteiger partial charge is 0.0637 e. The van der Waals surface area contributed by atoms with Crippen LogP contribution in [0.2, 0.25) is 0 Å². The molecule has 1 N–H and O–H groups in total. The van der Waals surface area contributed by atoms with Gasteiger partial charge in [0, 0.05) is 10.8 Å². The van der Waals surface area contributed by atoms with Crippen molar-refractivity contribution in [2.45, 2.75) is 63.9 Å². The third-order valence-corrected chi connectivity index (χ3v) is 5.97. The van der Waals surface area contributed by atoms with Gasteiger partial charge in [0.25, 0.3) is 0 Å². The quantitative estimate of drug-likeness (QED) is 0.841. The van der Waals surface area contributed by atoms with Crippen LogP contribution in [-0.4, -0.2) is 11.2 Å². The molecular formula is C16H24OS. The van der Waals surface area contributed by atoms with E-state index in [4.69, 9.17) is 0 Å². The Morgan fingerprint density at radius 1 is 1.28 bits per heavy atom. The number of rotatable bonds is 2. The van der Waals surface area contributed by atoms with Gasteiger partial charge < -0.3 is 5.11 Å². The molecule has 1 aromatic rings. The maximum atomic E-state index is 10.8. The molecule has 3 rings (SSSR count). The predicted molar refractivity (Wildman–Crippen MR) is 77.1 cm³/mol. The van der Waals surface area contributed by atoms with Gasteiger partial charge in [0.2, 0.25) is 0 Å². The summed E-state index contributed by atoms with van der Waals surface area (Å²) in [5.74, 6) is 1.78. The lowest BCUT2D eigenvalue weighted by atomic mass is 9.72. The van der Waals surface area contributed by atoms with E-state index in [1.807, 2.05) is 11.3 Å². The summed E-state index contributed by atoms with van der Waals surface area (Å²) >= 11 is 1.88. The summed E-state index contributed by atoms with van der Waals surface area (Å²) in [5, 5.41) is 13.0. The Morgan fingerprint density at radius 2 is 2.17 bits per heavy atom. The molecule has 0 aromatic carbocycles. The van der Waals surface area contributed by atoms with Gasteiger partial charge in [-0.3, -0.25) is 0 Å². The SMILES string of the molecule is CC1CCCC(C(O)C2CCCc3sccc32)C1. The first kappa shape index (κ1) is 12.7. The normalized spacial score (nSPS) is 34.0. The molecule has 2 heteroatoms. The number of fused-ring (bicyclic) bond motifs is 1. The zero-order valence-corrected chi connectivity index (χ0v) is 12.1.